The molecule has 0 amide bonds. The number of ether oxygens (including phenoxy) is 6. The number of rotatable bonds is 9. The lowest BCUT2D eigenvalue weighted by molar-refractivity contribution is -0.367. The fourth-order valence-corrected chi connectivity index (χ4v) is 14.7. The van der Waals surface area contributed by atoms with Crippen LogP contribution in [0.25, 0.3) is 0 Å². The lowest BCUT2D eigenvalue weighted by Crippen LogP contribution is -2.68. The third kappa shape index (κ3) is 7.86. The van der Waals surface area contributed by atoms with Crippen LogP contribution in [0.2, 0.25) is 0 Å². The molecule has 0 aromatic rings. The number of carbonyl (C=O) groups excluding carboxylic acids is 1. The van der Waals surface area contributed by atoms with E-state index in [-0.39, 0.29) is 41.8 Å². The summed E-state index contributed by atoms with van der Waals surface area (Å²) in [6.45, 7) is 11.1. The van der Waals surface area contributed by atoms with E-state index in [1.807, 2.05) is 6.92 Å². The molecular weight excluding hydrogens is 868 g/mol. The highest BCUT2D eigenvalue weighted by atomic mass is 16.8. The van der Waals surface area contributed by atoms with Gasteiger partial charge in [-0.15, -0.1) is 0 Å². The highest BCUT2D eigenvalue weighted by molar-refractivity contribution is 5.79. The zero-order chi connectivity index (χ0) is 48.3. The minimum Gasteiger partial charge on any atom is -0.432 e. The Morgan fingerprint density at radius 2 is 1.35 bits per heavy atom. The maximum Gasteiger partial charge on any atom is 0.315 e. The molecule has 7 fully saturated rings. The third-order valence-electron chi connectivity index (χ3n) is 19.0. The van der Waals surface area contributed by atoms with Crippen LogP contribution in [0, 0.1) is 50.2 Å². The lowest BCUT2D eigenvalue weighted by atomic mass is 9.33. The Bertz CT molecular complexity index is 1800. The van der Waals surface area contributed by atoms with Gasteiger partial charge in [-0.2, -0.15) is 0 Å². The average Bonchev–Trinajstić information content (AvgIpc) is 3.27. The molecule has 12 N–H and O–H groups in total. The fourth-order valence-electron chi connectivity index (χ4n) is 14.7. The van der Waals surface area contributed by atoms with Crippen LogP contribution in [0.15, 0.2) is 11.6 Å². The molecule has 3 saturated heterocycles. The first-order chi connectivity index (χ1) is 30.8. The number of fused-ring (bicyclic) bond motifs is 7. The minimum atomic E-state index is -1.93. The second-order valence-corrected chi connectivity index (χ2v) is 23.1. The lowest BCUT2D eigenvalue weighted by Gasteiger charge is -2.71. The van der Waals surface area contributed by atoms with Crippen molar-refractivity contribution in [2.75, 3.05) is 26.4 Å². The van der Waals surface area contributed by atoms with Crippen molar-refractivity contribution in [1.29, 1.82) is 0 Å². The van der Waals surface area contributed by atoms with Gasteiger partial charge in [-0.05, 0) is 97.2 Å². The van der Waals surface area contributed by atoms with Gasteiger partial charge < -0.3 is 89.7 Å². The molecule has 19 heteroatoms. The molecule has 0 aromatic carbocycles. The van der Waals surface area contributed by atoms with E-state index < -0.39 is 139 Å². The first-order valence-corrected chi connectivity index (χ1v) is 24.0. The zero-order valence-corrected chi connectivity index (χ0v) is 39.0. The van der Waals surface area contributed by atoms with Gasteiger partial charge in [-0.25, -0.2) is 0 Å². The van der Waals surface area contributed by atoms with E-state index in [0.717, 1.165) is 12.8 Å². The first-order valence-electron chi connectivity index (χ1n) is 24.0. The molecule has 8 aliphatic rings. The molecular formula is C47H76O19. The van der Waals surface area contributed by atoms with E-state index in [4.69, 9.17) is 28.4 Å². The number of hydrogen-bond donors (Lipinski definition) is 12. The summed E-state index contributed by atoms with van der Waals surface area (Å²) in [5, 5.41) is 129. The SMILES string of the molecule is CC1(C)CCC2(C(=O)OC3OC(COC4OCC(O)C(O)C4O)C(O)C(O)C3OC3OC(CO)C(O)C(O)C3O)CCC3(C)C(=CCC4C5(C)CC(O)C(O)C(C)(CO)C5CCC43C)C2C1. The van der Waals surface area contributed by atoms with Gasteiger partial charge in [0, 0.05) is 5.41 Å². The number of carbonyl (C=O) groups is 1. The summed E-state index contributed by atoms with van der Waals surface area (Å²) in [5.41, 5.74) is -2.06. The molecule has 0 radical (unpaired) electrons. The summed E-state index contributed by atoms with van der Waals surface area (Å²) in [5.74, 6) is -0.881. The molecule has 0 spiro atoms. The highest BCUT2D eigenvalue weighted by Gasteiger charge is 2.71. The summed E-state index contributed by atoms with van der Waals surface area (Å²) < 4.78 is 35.2. The maximum absolute atomic E-state index is 15.4. The average molecular weight is 945 g/mol. The van der Waals surface area contributed by atoms with Crippen LogP contribution in [0.1, 0.15) is 99.3 Å². The van der Waals surface area contributed by atoms with E-state index >= 15 is 4.79 Å². The predicted octanol–water partition coefficient (Wildman–Crippen LogP) is -1.28. The van der Waals surface area contributed by atoms with Crippen LogP contribution in [0.3, 0.4) is 0 Å². The van der Waals surface area contributed by atoms with Gasteiger partial charge in [0.25, 0.3) is 0 Å². The van der Waals surface area contributed by atoms with Crippen molar-refractivity contribution in [3.63, 3.8) is 0 Å². The monoisotopic (exact) mass is 944 g/mol. The van der Waals surface area contributed by atoms with E-state index in [0.29, 0.717) is 44.9 Å². The molecule has 3 aliphatic heterocycles. The summed E-state index contributed by atoms with van der Waals surface area (Å²) >= 11 is 0. The van der Waals surface area contributed by atoms with Crippen LogP contribution in [-0.2, 0) is 33.2 Å². The molecule has 5 aliphatic carbocycles. The van der Waals surface area contributed by atoms with Gasteiger partial charge >= 0.3 is 5.97 Å². The van der Waals surface area contributed by atoms with Gasteiger partial charge in [0.05, 0.1) is 44.1 Å². The normalized spacial score (nSPS) is 54.8. The Balaban J connectivity index is 1.11. The quantitative estimate of drug-likeness (QED) is 0.0947. The zero-order valence-electron chi connectivity index (χ0n) is 39.0. The van der Waals surface area contributed by atoms with Crippen LogP contribution in [0.5, 0.6) is 0 Å². The molecule has 4 saturated carbocycles. The van der Waals surface area contributed by atoms with E-state index in [1.54, 1.807) is 0 Å². The number of aliphatic hydroxyl groups is 12. The van der Waals surface area contributed by atoms with Crippen molar-refractivity contribution in [2.45, 2.75) is 198 Å². The summed E-state index contributed by atoms with van der Waals surface area (Å²) in [4.78, 5) is 15.4. The summed E-state index contributed by atoms with van der Waals surface area (Å²) in [7, 11) is 0. The van der Waals surface area contributed by atoms with Gasteiger partial charge in [0.2, 0.25) is 6.29 Å². The Morgan fingerprint density at radius 3 is 2.03 bits per heavy atom. The molecule has 66 heavy (non-hydrogen) atoms. The van der Waals surface area contributed by atoms with Gasteiger partial charge in [-0.3, -0.25) is 4.79 Å². The molecule has 0 bridgehead atoms. The van der Waals surface area contributed by atoms with Crippen LogP contribution in [0.4, 0.5) is 0 Å². The summed E-state index contributed by atoms with van der Waals surface area (Å²) in [6, 6.07) is 0. The molecule has 19 nitrogen and oxygen atoms in total. The smallest absolute Gasteiger partial charge is 0.315 e. The third-order valence-corrected chi connectivity index (χ3v) is 19.0. The Morgan fingerprint density at radius 1 is 0.697 bits per heavy atom. The molecule has 378 valence electrons. The van der Waals surface area contributed by atoms with Crippen LogP contribution < -0.4 is 0 Å². The number of aliphatic hydroxyl groups excluding tert-OH is 12. The predicted molar refractivity (Wildman–Crippen MR) is 227 cm³/mol. The number of hydrogen-bond acceptors (Lipinski definition) is 19. The van der Waals surface area contributed by atoms with Crippen molar-refractivity contribution in [1.82, 2.24) is 0 Å². The largest absolute Gasteiger partial charge is 0.432 e. The fraction of sp³-hybridized carbons (Fsp3) is 0.936. The number of esters is 1. The van der Waals surface area contributed by atoms with Crippen molar-refractivity contribution < 1.29 is 94.5 Å². The van der Waals surface area contributed by atoms with E-state index in [9.17, 15) is 61.3 Å². The highest BCUT2D eigenvalue weighted by Crippen LogP contribution is 2.76. The molecule has 24 atom stereocenters. The Hall–Kier alpha value is -1.47. The molecule has 0 aromatic heterocycles. The maximum atomic E-state index is 15.4. The van der Waals surface area contributed by atoms with Crippen LogP contribution >= 0.6 is 0 Å². The molecule has 8 rings (SSSR count). The van der Waals surface area contributed by atoms with Crippen LogP contribution in [-0.4, -0.2) is 192 Å². The molecule has 3 heterocycles. The first kappa shape index (κ1) is 50.9. The Labute approximate surface area is 385 Å². The topological polar surface area (TPSA) is 315 Å². The van der Waals surface area contributed by atoms with Crippen molar-refractivity contribution in [3.8, 4) is 0 Å². The van der Waals surface area contributed by atoms with E-state index in [2.05, 4.69) is 40.7 Å². The van der Waals surface area contributed by atoms with E-state index in [1.165, 1.54) is 5.57 Å². The van der Waals surface area contributed by atoms with Gasteiger partial charge in [0.1, 0.15) is 61.0 Å². The second kappa shape index (κ2) is 18.0. The summed E-state index contributed by atoms with van der Waals surface area (Å²) in [6.07, 6.45) is -18.0. The standard InChI is InChI=1S/C47H76O19/c1-42(2)11-13-47(14-12-45(5)21(22(47)15-42)7-8-28-43(3)16-23(50)37(59)44(4,20-49)27(43)9-10-46(28,45)6)41(60)66-40-36(65-39-35(58)32(55)30(53)25(17-48)63-39)33(56)31(54)26(64-40)19-62-38-34(57)29(52)24(51)18-61-38/h7,22-40,48-59H,8-20H2,1-6H3. The Kier molecular flexibility index (Phi) is 13.9. The number of allylic oxidation sites excluding steroid dienone is 2. The minimum absolute atomic E-state index is 0.0345. The second-order valence-electron chi connectivity index (χ2n) is 23.1. The van der Waals surface area contributed by atoms with Gasteiger partial charge in [-0.1, -0.05) is 53.2 Å². The van der Waals surface area contributed by atoms with Crippen molar-refractivity contribution in [3.05, 3.63) is 11.6 Å². The molecule has 24 unspecified atom stereocenters. The van der Waals surface area contributed by atoms with Crippen molar-refractivity contribution >= 4 is 5.97 Å². The van der Waals surface area contributed by atoms with Gasteiger partial charge in [0.15, 0.2) is 18.7 Å². The van der Waals surface area contributed by atoms with Crippen molar-refractivity contribution in [2.24, 2.45) is 50.2 Å².